The third-order valence-corrected chi connectivity index (χ3v) is 4.37. The third-order valence-electron chi connectivity index (χ3n) is 4.37. The van der Waals surface area contributed by atoms with E-state index in [0.717, 1.165) is 0 Å². The van der Waals surface area contributed by atoms with Gasteiger partial charge in [0.2, 0.25) is 0 Å². The fraction of sp³-hybridized carbons (Fsp3) is 0.368. The second-order valence-electron chi connectivity index (χ2n) is 5.67. The molecule has 0 aromatic heterocycles. The molecule has 1 N–H and O–H groups in total. The number of fused-ring (bicyclic) bond motifs is 3. The second-order valence-corrected chi connectivity index (χ2v) is 5.67. The van der Waals surface area contributed by atoms with Crippen molar-refractivity contribution < 1.29 is 0 Å². The van der Waals surface area contributed by atoms with Crippen LogP contribution >= 0.6 is 0 Å². The van der Waals surface area contributed by atoms with Gasteiger partial charge in [-0.3, -0.25) is 0 Å². The molecule has 1 aliphatic rings. The van der Waals surface area contributed by atoms with Gasteiger partial charge in [0.1, 0.15) is 0 Å². The molecule has 1 atom stereocenters. The molecule has 2 aromatic rings. The summed E-state index contributed by atoms with van der Waals surface area (Å²) in [4.78, 5) is 0. The highest BCUT2D eigenvalue weighted by Gasteiger charge is 2.28. The van der Waals surface area contributed by atoms with Gasteiger partial charge in [0.05, 0.1) is 6.04 Å². The maximum Gasteiger partial charge on any atom is 0.0591 e. The molecule has 0 fully saturated rings. The van der Waals surface area contributed by atoms with Crippen LogP contribution in [0.15, 0.2) is 48.5 Å². The van der Waals surface area contributed by atoms with Gasteiger partial charge in [0.15, 0.2) is 0 Å². The van der Waals surface area contributed by atoms with Crippen molar-refractivity contribution >= 4 is 0 Å². The molecular formula is C19H23N. The van der Waals surface area contributed by atoms with Crippen molar-refractivity contribution in [3.05, 3.63) is 59.7 Å². The van der Waals surface area contributed by atoms with E-state index in [0.29, 0.717) is 12.1 Å². The van der Waals surface area contributed by atoms with Crippen molar-refractivity contribution in [2.24, 2.45) is 0 Å². The third kappa shape index (κ3) is 2.27. The summed E-state index contributed by atoms with van der Waals surface area (Å²) in [7, 11) is 0. The average molecular weight is 265 g/mol. The zero-order valence-electron chi connectivity index (χ0n) is 12.4. The monoisotopic (exact) mass is 265 g/mol. The van der Waals surface area contributed by atoms with Crippen LogP contribution in [0.4, 0.5) is 0 Å². The van der Waals surface area contributed by atoms with E-state index in [-0.39, 0.29) is 0 Å². The molecule has 20 heavy (non-hydrogen) atoms. The largest absolute Gasteiger partial charge is 0.303 e. The normalized spacial score (nSPS) is 14.9. The molecule has 0 saturated carbocycles. The lowest BCUT2D eigenvalue weighted by Gasteiger charge is -2.23. The molecule has 1 aliphatic carbocycles. The van der Waals surface area contributed by atoms with Gasteiger partial charge >= 0.3 is 0 Å². The van der Waals surface area contributed by atoms with Crippen molar-refractivity contribution in [1.29, 1.82) is 0 Å². The Kier molecular flexibility index (Phi) is 3.88. The highest BCUT2D eigenvalue weighted by Crippen LogP contribution is 2.43. The van der Waals surface area contributed by atoms with Crippen LogP contribution in [-0.2, 0) is 0 Å². The first-order valence-corrected chi connectivity index (χ1v) is 7.79. The van der Waals surface area contributed by atoms with Gasteiger partial charge in [0, 0.05) is 6.04 Å². The van der Waals surface area contributed by atoms with Crippen LogP contribution in [-0.4, -0.2) is 6.04 Å². The van der Waals surface area contributed by atoms with Gasteiger partial charge in [-0.15, -0.1) is 0 Å². The molecule has 1 heteroatoms. The van der Waals surface area contributed by atoms with E-state index in [9.17, 15) is 0 Å². The molecule has 0 amide bonds. The molecule has 3 rings (SSSR count). The Balaban J connectivity index is 1.98. The van der Waals surface area contributed by atoms with E-state index in [4.69, 9.17) is 0 Å². The first-order chi connectivity index (χ1) is 9.85. The number of hydrogen-bond acceptors (Lipinski definition) is 1. The zero-order chi connectivity index (χ0) is 13.9. The highest BCUT2D eigenvalue weighted by molar-refractivity contribution is 5.78. The smallest absolute Gasteiger partial charge is 0.0591 e. The van der Waals surface area contributed by atoms with E-state index < -0.39 is 0 Å². The van der Waals surface area contributed by atoms with E-state index >= 15 is 0 Å². The topological polar surface area (TPSA) is 12.0 Å². The molecule has 2 aromatic carbocycles. The van der Waals surface area contributed by atoms with Crippen molar-refractivity contribution in [1.82, 2.24) is 5.32 Å². The Hall–Kier alpha value is -1.60. The van der Waals surface area contributed by atoms with Gasteiger partial charge in [-0.1, -0.05) is 68.8 Å². The first-order valence-electron chi connectivity index (χ1n) is 7.79. The number of hydrogen-bond donors (Lipinski definition) is 1. The van der Waals surface area contributed by atoms with Gasteiger partial charge in [-0.05, 0) is 35.1 Å². The zero-order valence-corrected chi connectivity index (χ0v) is 12.4. The van der Waals surface area contributed by atoms with Gasteiger partial charge in [0.25, 0.3) is 0 Å². The van der Waals surface area contributed by atoms with Crippen molar-refractivity contribution in [3.63, 3.8) is 0 Å². The minimum absolute atomic E-state index is 0.360. The molecule has 0 bridgehead atoms. The van der Waals surface area contributed by atoms with Gasteiger partial charge in [-0.25, -0.2) is 0 Å². The van der Waals surface area contributed by atoms with Crippen molar-refractivity contribution in [2.45, 2.75) is 45.2 Å². The molecule has 0 saturated heterocycles. The average Bonchev–Trinajstić information content (AvgIpc) is 2.82. The lowest BCUT2D eigenvalue weighted by molar-refractivity contribution is 0.434. The fourth-order valence-corrected chi connectivity index (χ4v) is 3.32. The van der Waals surface area contributed by atoms with Gasteiger partial charge in [-0.2, -0.15) is 0 Å². The molecule has 104 valence electrons. The summed E-state index contributed by atoms with van der Waals surface area (Å²) in [5, 5.41) is 3.88. The van der Waals surface area contributed by atoms with E-state index in [1.165, 1.54) is 41.5 Å². The Bertz CT molecular complexity index is 542. The van der Waals surface area contributed by atoms with E-state index in [1.807, 2.05) is 0 Å². The molecule has 0 spiro atoms. The molecule has 1 unspecified atom stereocenters. The summed E-state index contributed by atoms with van der Waals surface area (Å²) in [6, 6.07) is 18.6. The molecular weight excluding hydrogens is 242 g/mol. The molecule has 0 radical (unpaired) electrons. The summed E-state index contributed by atoms with van der Waals surface area (Å²) >= 11 is 0. The van der Waals surface area contributed by atoms with Crippen LogP contribution < -0.4 is 5.32 Å². The Morgan fingerprint density at radius 1 is 0.900 bits per heavy atom. The van der Waals surface area contributed by atoms with Gasteiger partial charge < -0.3 is 5.32 Å². The highest BCUT2D eigenvalue weighted by atomic mass is 15.0. The fourth-order valence-electron chi connectivity index (χ4n) is 3.32. The standard InChI is InChI=1S/C19H23N/c1-3-9-14(4-2)20-19-17-12-7-5-10-15(17)16-11-6-8-13-18(16)19/h5-8,10-14,19-20H,3-4,9H2,1-2H3. The summed E-state index contributed by atoms with van der Waals surface area (Å²) in [5.74, 6) is 0. The minimum Gasteiger partial charge on any atom is -0.303 e. The van der Waals surface area contributed by atoms with Crippen LogP contribution in [0.3, 0.4) is 0 Å². The van der Waals surface area contributed by atoms with Crippen LogP contribution in [0.25, 0.3) is 11.1 Å². The summed E-state index contributed by atoms with van der Waals surface area (Å²) in [6.07, 6.45) is 3.67. The SMILES string of the molecule is CCCC(CC)NC1c2ccccc2-c2ccccc21. The van der Waals surface area contributed by atoms with Crippen LogP contribution in [0.5, 0.6) is 0 Å². The molecule has 1 nitrogen and oxygen atoms in total. The maximum atomic E-state index is 3.88. The Morgan fingerprint density at radius 2 is 1.45 bits per heavy atom. The summed E-state index contributed by atoms with van der Waals surface area (Å²) in [6.45, 7) is 4.54. The summed E-state index contributed by atoms with van der Waals surface area (Å²) < 4.78 is 0. The van der Waals surface area contributed by atoms with Crippen LogP contribution in [0.2, 0.25) is 0 Å². The van der Waals surface area contributed by atoms with E-state index in [1.54, 1.807) is 0 Å². The lowest BCUT2D eigenvalue weighted by atomic mass is 10.0. The number of rotatable bonds is 5. The summed E-state index contributed by atoms with van der Waals surface area (Å²) in [5.41, 5.74) is 5.66. The predicted octanol–water partition coefficient (Wildman–Crippen LogP) is 4.92. The predicted molar refractivity (Wildman–Crippen MR) is 85.8 cm³/mol. The van der Waals surface area contributed by atoms with E-state index in [2.05, 4.69) is 67.7 Å². The quantitative estimate of drug-likeness (QED) is 0.808. The lowest BCUT2D eigenvalue weighted by Crippen LogP contribution is -2.32. The number of nitrogens with one attached hydrogen (secondary N) is 1. The van der Waals surface area contributed by atoms with Crippen LogP contribution in [0, 0.1) is 0 Å². The van der Waals surface area contributed by atoms with Crippen LogP contribution in [0.1, 0.15) is 50.3 Å². The molecule has 0 aliphatic heterocycles. The van der Waals surface area contributed by atoms with Crippen molar-refractivity contribution in [2.75, 3.05) is 0 Å². The maximum absolute atomic E-state index is 3.88. The minimum atomic E-state index is 0.360. The Morgan fingerprint density at radius 3 is 1.95 bits per heavy atom. The molecule has 0 heterocycles. The first kappa shape index (κ1) is 13.4. The number of benzene rings is 2. The second kappa shape index (κ2) is 5.80. The Labute approximate surface area is 122 Å². The van der Waals surface area contributed by atoms with Crippen molar-refractivity contribution in [3.8, 4) is 11.1 Å².